The van der Waals surface area contributed by atoms with Crippen LogP contribution in [0.2, 0.25) is 0 Å². The number of hydrogen-bond donors (Lipinski definition) is 1. The smallest absolute Gasteiger partial charge is 0.416 e. The molecule has 0 spiro atoms. The minimum atomic E-state index is -4.35. The van der Waals surface area contributed by atoms with E-state index in [1.165, 1.54) is 18.4 Å². The maximum Gasteiger partial charge on any atom is 0.416 e. The monoisotopic (exact) mass is 362 g/mol. The van der Waals surface area contributed by atoms with Crippen molar-refractivity contribution in [1.82, 2.24) is 14.5 Å². The van der Waals surface area contributed by atoms with Gasteiger partial charge in [-0.15, -0.1) is 0 Å². The number of imidazole rings is 1. The summed E-state index contributed by atoms with van der Waals surface area (Å²) in [6.45, 7) is 2.85. The third-order valence-corrected chi connectivity index (χ3v) is 4.46. The number of nitrogens with one attached hydrogen (secondary N) is 1. The number of oxazole rings is 1. The van der Waals surface area contributed by atoms with Crippen molar-refractivity contribution >= 4 is 11.7 Å². The molecule has 1 aromatic carbocycles. The molecule has 0 bridgehead atoms. The first-order chi connectivity index (χ1) is 12.4. The van der Waals surface area contributed by atoms with Gasteiger partial charge in [-0.1, -0.05) is 0 Å². The molecule has 0 saturated carbocycles. The summed E-state index contributed by atoms with van der Waals surface area (Å²) >= 11 is 0. The Hall–Kier alpha value is -2.77. The Kier molecular flexibility index (Phi) is 3.97. The van der Waals surface area contributed by atoms with Crippen LogP contribution in [-0.4, -0.2) is 14.5 Å². The van der Waals surface area contributed by atoms with Crippen LogP contribution >= 0.6 is 0 Å². The highest BCUT2D eigenvalue weighted by atomic mass is 19.4. The van der Waals surface area contributed by atoms with Crippen LogP contribution < -0.4 is 5.32 Å². The first kappa shape index (κ1) is 16.7. The second-order valence-corrected chi connectivity index (χ2v) is 6.31. The average molecular weight is 362 g/mol. The molecule has 136 valence electrons. The molecule has 0 amide bonds. The van der Waals surface area contributed by atoms with E-state index in [1.807, 2.05) is 6.92 Å². The van der Waals surface area contributed by atoms with E-state index in [1.54, 1.807) is 0 Å². The molecule has 0 fully saturated rings. The number of aryl methyl sites for hydroxylation is 2. The number of benzene rings is 1. The Bertz CT molecular complexity index is 925. The first-order valence-electron chi connectivity index (χ1n) is 8.38. The molecule has 0 saturated heterocycles. The number of rotatable bonds is 3. The van der Waals surface area contributed by atoms with E-state index < -0.39 is 11.7 Å². The third kappa shape index (κ3) is 3.07. The van der Waals surface area contributed by atoms with Crippen LogP contribution in [0.15, 0.2) is 34.9 Å². The lowest BCUT2D eigenvalue weighted by Crippen LogP contribution is -2.11. The van der Waals surface area contributed by atoms with Gasteiger partial charge >= 0.3 is 6.18 Å². The lowest BCUT2D eigenvalue weighted by molar-refractivity contribution is -0.137. The van der Waals surface area contributed by atoms with E-state index in [0.29, 0.717) is 11.4 Å². The fourth-order valence-electron chi connectivity index (χ4n) is 3.25. The van der Waals surface area contributed by atoms with Gasteiger partial charge in [-0.05, 0) is 44.0 Å². The van der Waals surface area contributed by atoms with E-state index in [-0.39, 0.29) is 6.01 Å². The Morgan fingerprint density at radius 3 is 2.62 bits per heavy atom. The lowest BCUT2D eigenvalue weighted by Gasteiger charge is -2.15. The number of halogens is 3. The van der Waals surface area contributed by atoms with E-state index in [2.05, 4.69) is 19.9 Å². The van der Waals surface area contributed by atoms with Gasteiger partial charge in [0.1, 0.15) is 17.8 Å². The van der Waals surface area contributed by atoms with Gasteiger partial charge in [0.05, 0.1) is 17.0 Å². The molecule has 1 N–H and O–H groups in total. The van der Waals surface area contributed by atoms with Crippen LogP contribution in [0.1, 0.15) is 29.9 Å². The maximum atomic E-state index is 12.6. The summed E-state index contributed by atoms with van der Waals surface area (Å²) in [6, 6.07) is 4.95. The minimum absolute atomic E-state index is 0.227. The van der Waals surface area contributed by atoms with Crippen molar-refractivity contribution in [2.24, 2.45) is 0 Å². The van der Waals surface area contributed by atoms with Crippen molar-refractivity contribution in [3.05, 3.63) is 47.6 Å². The SMILES string of the molecule is Cc1nc2n(c1-c1coc(Nc3ccc(C(F)(F)F)cc3)n1)CCCC2. The van der Waals surface area contributed by atoms with Crippen molar-refractivity contribution in [3.63, 3.8) is 0 Å². The van der Waals surface area contributed by atoms with Crippen LogP contribution in [0, 0.1) is 6.92 Å². The highest BCUT2D eigenvalue weighted by Crippen LogP contribution is 2.32. The number of anilines is 2. The molecule has 0 atom stereocenters. The summed E-state index contributed by atoms with van der Waals surface area (Å²) in [4.78, 5) is 9.04. The molecule has 1 aliphatic heterocycles. The Morgan fingerprint density at radius 1 is 1.12 bits per heavy atom. The molecule has 8 heteroatoms. The van der Waals surface area contributed by atoms with Gasteiger partial charge in [0.15, 0.2) is 0 Å². The van der Waals surface area contributed by atoms with Crippen molar-refractivity contribution in [1.29, 1.82) is 0 Å². The van der Waals surface area contributed by atoms with E-state index in [4.69, 9.17) is 4.42 Å². The van der Waals surface area contributed by atoms with Crippen molar-refractivity contribution in [2.45, 2.75) is 38.9 Å². The molecule has 2 aromatic heterocycles. The molecular formula is C18H17F3N4O. The fourth-order valence-corrected chi connectivity index (χ4v) is 3.25. The second-order valence-electron chi connectivity index (χ2n) is 6.31. The van der Waals surface area contributed by atoms with Crippen LogP contribution in [0.3, 0.4) is 0 Å². The predicted molar refractivity (Wildman–Crippen MR) is 90.1 cm³/mol. The zero-order chi connectivity index (χ0) is 18.3. The standard InChI is InChI=1S/C18H17F3N4O/c1-11-16(25-9-3-2-4-15(25)22-11)14-10-26-17(24-14)23-13-7-5-12(6-8-13)18(19,20)21/h5-8,10H,2-4,9H2,1H3,(H,23,24). The van der Waals surface area contributed by atoms with Crippen LogP contribution in [0.5, 0.6) is 0 Å². The number of aromatic nitrogens is 3. The first-order valence-corrected chi connectivity index (χ1v) is 8.38. The number of nitrogens with zero attached hydrogens (tertiary/aromatic N) is 3. The second kappa shape index (κ2) is 6.19. The van der Waals surface area contributed by atoms with E-state index >= 15 is 0 Å². The molecule has 3 aromatic rings. The molecule has 0 aliphatic carbocycles. The Balaban J connectivity index is 1.57. The Morgan fingerprint density at radius 2 is 1.88 bits per heavy atom. The summed E-state index contributed by atoms with van der Waals surface area (Å²) in [5, 5.41) is 2.89. The van der Waals surface area contributed by atoms with Gasteiger partial charge in [-0.3, -0.25) is 0 Å². The zero-order valence-corrected chi connectivity index (χ0v) is 14.1. The van der Waals surface area contributed by atoms with Crippen molar-refractivity contribution in [3.8, 4) is 11.4 Å². The van der Waals surface area contributed by atoms with E-state index in [0.717, 1.165) is 55.2 Å². The summed E-state index contributed by atoms with van der Waals surface area (Å²) < 4.78 is 45.5. The summed E-state index contributed by atoms with van der Waals surface area (Å²) in [6.07, 6.45) is 0.376. The van der Waals surface area contributed by atoms with Gasteiger partial charge in [0.25, 0.3) is 6.01 Å². The van der Waals surface area contributed by atoms with Crippen LogP contribution in [0.4, 0.5) is 24.9 Å². The normalized spacial score (nSPS) is 14.3. The van der Waals surface area contributed by atoms with Gasteiger partial charge in [-0.25, -0.2) is 4.98 Å². The molecule has 1 aliphatic rings. The topological polar surface area (TPSA) is 55.9 Å². The largest absolute Gasteiger partial charge is 0.431 e. The summed E-state index contributed by atoms with van der Waals surface area (Å²) in [5.41, 5.74) is 2.27. The molecule has 3 heterocycles. The van der Waals surface area contributed by atoms with Crippen molar-refractivity contribution < 1.29 is 17.6 Å². The average Bonchev–Trinajstić information content (AvgIpc) is 3.17. The highest BCUT2D eigenvalue weighted by molar-refractivity contribution is 5.61. The number of fused-ring (bicyclic) bond motifs is 1. The highest BCUT2D eigenvalue weighted by Gasteiger charge is 2.30. The number of hydrogen-bond acceptors (Lipinski definition) is 4. The van der Waals surface area contributed by atoms with Gasteiger partial charge in [0, 0.05) is 18.7 Å². The van der Waals surface area contributed by atoms with E-state index in [9.17, 15) is 13.2 Å². The van der Waals surface area contributed by atoms with Crippen LogP contribution in [0.25, 0.3) is 11.4 Å². The molecule has 4 rings (SSSR count). The molecular weight excluding hydrogens is 345 g/mol. The predicted octanol–water partition coefficient (Wildman–Crippen LogP) is 4.95. The third-order valence-electron chi connectivity index (χ3n) is 4.46. The molecule has 0 radical (unpaired) electrons. The maximum absolute atomic E-state index is 12.6. The Labute approximate surface area is 147 Å². The fraction of sp³-hybridized carbons (Fsp3) is 0.333. The summed E-state index contributed by atoms with van der Waals surface area (Å²) in [5.74, 6) is 1.06. The minimum Gasteiger partial charge on any atom is -0.431 e. The van der Waals surface area contributed by atoms with Gasteiger partial charge < -0.3 is 14.3 Å². The van der Waals surface area contributed by atoms with Crippen LogP contribution in [-0.2, 0) is 19.1 Å². The lowest BCUT2D eigenvalue weighted by atomic mass is 10.1. The molecule has 26 heavy (non-hydrogen) atoms. The molecule has 0 unspecified atom stereocenters. The number of alkyl halides is 3. The zero-order valence-electron chi connectivity index (χ0n) is 14.1. The van der Waals surface area contributed by atoms with Gasteiger partial charge in [-0.2, -0.15) is 18.2 Å². The molecule has 5 nitrogen and oxygen atoms in total. The summed E-state index contributed by atoms with van der Waals surface area (Å²) in [7, 11) is 0. The van der Waals surface area contributed by atoms with Gasteiger partial charge in [0.2, 0.25) is 0 Å². The quantitative estimate of drug-likeness (QED) is 0.717. The van der Waals surface area contributed by atoms with Crippen molar-refractivity contribution in [2.75, 3.05) is 5.32 Å².